The van der Waals surface area contributed by atoms with E-state index in [0.29, 0.717) is 5.58 Å². The van der Waals surface area contributed by atoms with Crippen molar-refractivity contribution >= 4 is 16.9 Å². The molecule has 0 radical (unpaired) electrons. The third-order valence-corrected chi connectivity index (χ3v) is 3.51. The van der Waals surface area contributed by atoms with Gasteiger partial charge in [-0.2, -0.15) is 0 Å². The van der Waals surface area contributed by atoms with Gasteiger partial charge in [-0.3, -0.25) is 0 Å². The molecule has 0 aliphatic heterocycles. The molecule has 0 saturated heterocycles. The average molecular weight is 289 g/mol. The monoisotopic (exact) mass is 289 g/mol. The third-order valence-electron chi connectivity index (χ3n) is 3.51. The molecule has 1 aromatic carbocycles. The first kappa shape index (κ1) is 15.6. The zero-order valence-corrected chi connectivity index (χ0v) is 12.7. The Balaban J connectivity index is 1.84. The molecule has 0 bridgehead atoms. The van der Waals surface area contributed by atoms with E-state index in [0.717, 1.165) is 30.0 Å². The molecule has 0 saturated carbocycles. The fourth-order valence-electron chi connectivity index (χ4n) is 2.34. The van der Waals surface area contributed by atoms with Gasteiger partial charge >= 0.3 is 5.97 Å². The number of carboxylic acids is 1. The SMILES string of the molecule is CC(C)CCCCNCc1ccc2oc(C(=O)O)cc2c1. The molecular formula is C17H23NO3. The smallest absolute Gasteiger partial charge is 0.371 e. The van der Waals surface area contributed by atoms with Crippen molar-refractivity contribution < 1.29 is 14.3 Å². The standard InChI is InChI=1S/C17H23NO3/c1-12(2)5-3-4-8-18-11-13-6-7-15-14(9-13)10-16(21-15)17(19)20/h6-7,9-10,12,18H,3-5,8,11H2,1-2H3,(H,19,20). The summed E-state index contributed by atoms with van der Waals surface area (Å²) in [7, 11) is 0. The van der Waals surface area contributed by atoms with Crippen LogP contribution >= 0.6 is 0 Å². The van der Waals surface area contributed by atoms with Gasteiger partial charge in [-0.05, 0) is 42.6 Å². The van der Waals surface area contributed by atoms with Crippen LogP contribution < -0.4 is 5.32 Å². The first-order valence-electron chi connectivity index (χ1n) is 7.52. The van der Waals surface area contributed by atoms with Gasteiger partial charge in [-0.1, -0.05) is 32.8 Å². The van der Waals surface area contributed by atoms with Crippen LogP contribution in [0.1, 0.15) is 49.2 Å². The molecule has 4 heteroatoms. The minimum absolute atomic E-state index is 0.0104. The molecule has 2 rings (SSSR count). The molecule has 0 amide bonds. The normalized spacial score (nSPS) is 11.4. The molecular weight excluding hydrogens is 266 g/mol. The second-order valence-corrected chi connectivity index (χ2v) is 5.85. The Morgan fingerprint density at radius 2 is 2.10 bits per heavy atom. The number of furan rings is 1. The molecule has 21 heavy (non-hydrogen) atoms. The fourth-order valence-corrected chi connectivity index (χ4v) is 2.34. The number of nitrogens with one attached hydrogen (secondary N) is 1. The highest BCUT2D eigenvalue weighted by Gasteiger charge is 2.10. The van der Waals surface area contributed by atoms with E-state index < -0.39 is 5.97 Å². The number of aromatic carboxylic acids is 1. The Labute approximate surface area is 125 Å². The molecule has 0 spiro atoms. The lowest BCUT2D eigenvalue weighted by Gasteiger charge is -2.06. The van der Waals surface area contributed by atoms with Crippen LogP contribution in [0.25, 0.3) is 11.0 Å². The Morgan fingerprint density at radius 1 is 1.29 bits per heavy atom. The summed E-state index contributed by atoms with van der Waals surface area (Å²) in [5, 5.41) is 13.2. The number of carbonyl (C=O) groups is 1. The van der Waals surface area contributed by atoms with Crippen LogP contribution in [0.2, 0.25) is 0 Å². The molecule has 0 fully saturated rings. The lowest BCUT2D eigenvalue weighted by molar-refractivity contribution is 0.0665. The quantitative estimate of drug-likeness (QED) is 0.720. The van der Waals surface area contributed by atoms with Crippen molar-refractivity contribution in [2.75, 3.05) is 6.54 Å². The zero-order chi connectivity index (χ0) is 15.2. The van der Waals surface area contributed by atoms with Crippen LogP contribution in [-0.4, -0.2) is 17.6 Å². The minimum Gasteiger partial charge on any atom is -0.475 e. The molecule has 1 heterocycles. The summed E-state index contributed by atoms with van der Waals surface area (Å²) in [5.41, 5.74) is 1.76. The molecule has 1 aromatic heterocycles. The van der Waals surface area contributed by atoms with Gasteiger partial charge in [-0.25, -0.2) is 4.79 Å². The number of unbranched alkanes of at least 4 members (excludes halogenated alkanes) is 1. The second-order valence-electron chi connectivity index (χ2n) is 5.85. The minimum atomic E-state index is -1.03. The first-order valence-corrected chi connectivity index (χ1v) is 7.52. The van der Waals surface area contributed by atoms with Gasteiger partial charge in [0.05, 0.1) is 0 Å². The maximum atomic E-state index is 10.9. The van der Waals surface area contributed by atoms with Crippen LogP contribution in [0.15, 0.2) is 28.7 Å². The van der Waals surface area contributed by atoms with Crippen LogP contribution in [0, 0.1) is 5.92 Å². The predicted molar refractivity (Wildman–Crippen MR) is 83.6 cm³/mol. The number of rotatable bonds is 8. The van der Waals surface area contributed by atoms with Crippen molar-refractivity contribution in [1.82, 2.24) is 5.32 Å². The fraction of sp³-hybridized carbons (Fsp3) is 0.471. The van der Waals surface area contributed by atoms with E-state index in [1.54, 1.807) is 6.07 Å². The van der Waals surface area contributed by atoms with E-state index in [1.165, 1.54) is 19.3 Å². The second kappa shape index (κ2) is 7.27. The highest BCUT2D eigenvalue weighted by atomic mass is 16.4. The molecule has 2 aromatic rings. The van der Waals surface area contributed by atoms with Crippen molar-refractivity contribution in [2.24, 2.45) is 5.92 Å². The number of hydrogen-bond donors (Lipinski definition) is 2. The average Bonchev–Trinajstić information content (AvgIpc) is 2.85. The highest BCUT2D eigenvalue weighted by Crippen LogP contribution is 2.20. The molecule has 0 aliphatic carbocycles. The van der Waals surface area contributed by atoms with Gasteiger partial charge in [0.15, 0.2) is 0 Å². The van der Waals surface area contributed by atoms with Crippen molar-refractivity contribution in [3.8, 4) is 0 Å². The van der Waals surface area contributed by atoms with E-state index in [9.17, 15) is 4.79 Å². The van der Waals surface area contributed by atoms with Gasteiger partial charge < -0.3 is 14.8 Å². The Kier molecular flexibility index (Phi) is 5.39. The number of benzene rings is 1. The number of carboxylic acid groups (broad SMARTS) is 1. The van der Waals surface area contributed by atoms with Gasteiger partial charge in [0.1, 0.15) is 5.58 Å². The maximum Gasteiger partial charge on any atom is 0.371 e. The largest absolute Gasteiger partial charge is 0.475 e. The molecule has 0 atom stereocenters. The predicted octanol–water partition coefficient (Wildman–Crippen LogP) is 4.05. The van der Waals surface area contributed by atoms with E-state index in [2.05, 4.69) is 19.2 Å². The van der Waals surface area contributed by atoms with Gasteiger partial charge in [0, 0.05) is 11.9 Å². The maximum absolute atomic E-state index is 10.9. The van der Waals surface area contributed by atoms with Crippen molar-refractivity contribution in [2.45, 2.75) is 39.7 Å². The highest BCUT2D eigenvalue weighted by molar-refractivity contribution is 5.91. The molecule has 0 unspecified atom stereocenters. The van der Waals surface area contributed by atoms with Crippen molar-refractivity contribution in [1.29, 1.82) is 0 Å². The van der Waals surface area contributed by atoms with Crippen LogP contribution in [0.4, 0.5) is 0 Å². The lowest BCUT2D eigenvalue weighted by Crippen LogP contribution is -2.14. The van der Waals surface area contributed by atoms with Crippen LogP contribution in [-0.2, 0) is 6.54 Å². The first-order chi connectivity index (χ1) is 10.1. The van der Waals surface area contributed by atoms with Crippen molar-refractivity contribution in [3.63, 3.8) is 0 Å². The van der Waals surface area contributed by atoms with Crippen LogP contribution in [0.3, 0.4) is 0 Å². The van der Waals surface area contributed by atoms with Crippen molar-refractivity contribution in [3.05, 3.63) is 35.6 Å². The van der Waals surface area contributed by atoms with Gasteiger partial charge in [0.2, 0.25) is 5.76 Å². The lowest BCUT2D eigenvalue weighted by atomic mass is 10.1. The summed E-state index contributed by atoms with van der Waals surface area (Å²) in [6.45, 7) is 6.31. The Morgan fingerprint density at radius 3 is 2.81 bits per heavy atom. The Hall–Kier alpha value is -1.81. The summed E-state index contributed by atoms with van der Waals surface area (Å²) in [6.07, 6.45) is 3.73. The summed E-state index contributed by atoms with van der Waals surface area (Å²) in [6, 6.07) is 7.35. The van der Waals surface area contributed by atoms with E-state index in [1.807, 2.05) is 18.2 Å². The third kappa shape index (κ3) is 4.60. The van der Waals surface area contributed by atoms with Crippen LogP contribution in [0.5, 0.6) is 0 Å². The topological polar surface area (TPSA) is 62.5 Å². The number of hydrogen-bond acceptors (Lipinski definition) is 3. The van der Waals surface area contributed by atoms with Gasteiger partial charge in [0.25, 0.3) is 0 Å². The summed E-state index contributed by atoms with van der Waals surface area (Å²) >= 11 is 0. The zero-order valence-electron chi connectivity index (χ0n) is 12.7. The molecule has 114 valence electrons. The molecule has 0 aliphatic rings. The van der Waals surface area contributed by atoms with E-state index >= 15 is 0 Å². The van der Waals surface area contributed by atoms with E-state index in [4.69, 9.17) is 9.52 Å². The Bertz CT molecular complexity index is 601. The summed E-state index contributed by atoms with van der Waals surface area (Å²) < 4.78 is 5.24. The molecule has 4 nitrogen and oxygen atoms in total. The van der Waals surface area contributed by atoms with Gasteiger partial charge in [-0.15, -0.1) is 0 Å². The molecule has 2 N–H and O–H groups in total. The number of fused-ring (bicyclic) bond motifs is 1. The summed E-state index contributed by atoms with van der Waals surface area (Å²) in [5.74, 6) is -0.267. The summed E-state index contributed by atoms with van der Waals surface area (Å²) in [4.78, 5) is 10.9. The van der Waals surface area contributed by atoms with E-state index in [-0.39, 0.29) is 5.76 Å².